The van der Waals surface area contributed by atoms with Crippen molar-refractivity contribution in [3.63, 3.8) is 0 Å². The van der Waals surface area contributed by atoms with Gasteiger partial charge in [-0.1, -0.05) is 12.1 Å². The molecule has 0 bridgehead atoms. The van der Waals surface area contributed by atoms with Gasteiger partial charge in [0.1, 0.15) is 0 Å². The zero-order chi connectivity index (χ0) is 12.4. The van der Waals surface area contributed by atoms with Crippen molar-refractivity contribution in [1.29, 1.82) is 0 Å². The van der Waals surface area contributed by atoms with Gasteiger partial charge in [0.15, 0.2) is 11.5 Å². The number of aryl methyl sites for hydroxylation is 1. The first-order valence-corrected chi connectivity index (χ1v) is 6.46. The quantitative estimate of drug-likeness (QED) is 0.859. The number of hydrogen-bond donors (Lipinski definition) is 2. The third-order valence-electron chi connectivity index (χ3n) is 3.34. The Bertz CT molecular complexity index is 512. The second kappa shape index (κ2) is 4.89. The highest BCUT2D eigenvalue weighted by molar-refractivity contribution is 5.47. The normalized spacial score (nSPS) is 20.2. The number of hydrogen-bond acceptors (Lipinski definition) is 5. The summed E-state index contributed by atoms with van der Waals surface area (Å²) in [6.07, 6.45) is 3.17. The molecule has 0 saturated carbocycles. The smallest absolute Gasteiger partial charge is 0.278 e. The van der Waals surface area contributed by atoms with Gasteiger partial charge in [-0.3, -0.25) is 5.10 Å². The molecule has 6 nitrogen and oxygen atoms in total. The topological polar surface area (TPSA) is 79.6 Å². The van der Waals surface area contributed by atoms with Gasteiger partial charge in [-0.05, 0) is 25.5 Å². The maximum Gasteiger partial charge on any atom is 0.278 e. The Hall–Kier alpha value is -1.69. The van der Waals surface area contributed by atoms with Gasteiger partial charge in [0.2, 0.25) is 0 Å². The standard InChI is InChI=1S/C12H17N5O/c1-2-11-14-12(18-17-11)10-6-9(15-16-10)8-4-3-5-13-7-8/h6,8,13H,2-5,7H2,1H3,(H,15,16)/t8-/m0/s1. The highest BCUT2D eigenvalue weighted by atomic mass is 16.5. The van der Waals surface area contributed by atoms with Gasteiger partial charge in [0.25, 0.3) is 5.89 Å². The summed E-state index contributed by atoms with van der Waals surface area (Å²) >= 11 is 0. The summed E-state index contributed by atoms with van der Waals surface area (Å²) in [6, 6.07) is 2.02. The van der Waals surface area contributed by atoms with Crippen molar-refractivity contribution >= 4 is 0 Å². The third-order valence-corrected chi connectivity index (χ3v) is 3.34. The van der Waals surface area contributed by atoms with Crippen molar-refractivity contribution in [2.45, 2.75) is 32.1 Å². The van der Waals surface area contributed by atoms with Crippen molar-refractivity contribution < 1.29 is 4.52 Å². The molecule has 0 spiro atoms. The number of nitrogens with one attached hydrogen (secondary N) is 2. The van der Waals surface area contributed by atoms with Gasteiger partial charge in [-0.25, -0.2) is 0 Å². The minimum Gasteiger partial charge on any atom is -0.332 e. The summed E-state index contributed by atoms with van der Waals surface area (Å²) in [6.45, 7) is 4.12. The molecule has 2 aromatic heterocycles. The Labute approximate surface area is 105 Å². The molecule has 1 atom stereocenters. The van der Waals surface area contributed by atoms with Crippen LogP contribution in [0.4, 0.5) is 0 Å². The van der Waals surface area contributed by atoms with Crippen molar-refractivity contribution in [2.75, 3.05) is 13.1 Å². The molecule has 1 aliphatic heterocycles. The van der Waals surface area contributed by atoms with Crippen LogP contribution in [0.1, 0.15) is 37.2 Å². The molecule has 0 amide bonds. The van der Waals surface area contributed by atoms with Gasteiger partial charge in [0, 0.05) is 24.6 Å². The molecule has 1 aliphatic rings. The van der Waals surface area contributed by atoms with Crippen LogP contribution in [-0.2, 0) is 6.42 Å². The number of H-pyrrole nitrogens is 1. The van der Waals surface area contributed by atoms with Crippen LogP contribution in [0.15, 0.2) is 10.6 Å². The van der Waals surface area contributed by atoms with Gasteiger partial charge < -0.3 is 9.84 Å². The summed E-state index contributed by atoms with van der Waals surface area (Å²) in [5, 5.41) is 14.6. The molecule has 1 fully saturated rings. The molecular weight excluding hydrogens is 230 g/mol. The Morgan fingerprint density at radius 2 is 2.44 bits per heavy atom. The van der Waals surface area contributed by atoms with E-state index in [1.54, 1.807) is 0 Å². The lowest BCUT2D eigenvalue weighted by Crippen LogP contribution is -2.28. The highest BCUT2D eigenvalue weighted by Gasteiger charge is 2.19. The Morgan fingerprint density at radius 3 is 3.17 bits per heavy atom. The van der Waals surface area contributed by atoms with Gasteiger partial charge in [0.05, 0.1) is 0 Å². The number of nitrogens with zero attached hydrogens (tertiary/aromatic N) is 3. The molecule has 2 aromatic rings. The third kappa shape index (κ3) is 2.15. The summed E-state index contributed by atoms with van der Waals surface area (Å²) in [5.41, 5.74) is 1.89. The summed E-state index contributed by atoms with van der Waals surface area (Å²) in [4.78, 5) is 4.28. The van der Waals surface area contributed by atoms with E-state index in [4.69, 9.17) is 4.52 Å². The van der Waals surface area contributed by atoms with Crippen molar-refractivity contribution in [1.82, 2.24) is 25.7 Å². The predicted octanol–water partition coefficient (Wildman–Crippen LogP) is 1.49. The Kier molecular flexibility index (Phi) is 3.10. The van der Waals surface area contributed by atoms with Crippen LogP contribution >= 0.6 is 0 Å². The van der Waals surface area contributed by atoms with E-state index in [1.807, 2.05) is 13.0 Å². The minimum absolute atomic E-state index is 0.498. The summed E-state index contributed by atoms with van der Waals surface area (Å²) < 4.78 is 5.18. The molecule has 2 N–H and O–H groups in total. The van der Waals surface area contributed by atoms with E-state index in [0.717, 1.165) is 30.9 Å². The second-order valence-corrected chi connectivity index (χ2v) is 4.62. The van der Waals surface area contributed by atoms with E-state index >= 15 is 0 Å². The van der Waals surface area contributed by atoms with Gasteiger partial charge in [-0.15, -0.1) is 0 Å². The van der Waals surface area contributed by atoms with E-state index in [0.29, 0.717) is 17.6 Å². The van der Waals surface area contributed by atoms with E-state index in [1.165, 1.54) is 12.8 Å². The molecule has 18 heavy (non-hydrogen) atoms. The molecule has 6 heteroatoms. The van der Waals surface area contributed by atoms with Gasteiger partial charge >= 0.3 is 0 Å². The summed E-state index contributed by atoms with van der Waals surface area (Å²) in [5.74, 6) is 1.72. The Balaban J connectivity index is 1.79. The van der Waals surface area contributed by atoms with Crippen LogP contribution in [0.2, 0.25) is 0 Å². The fourth-order valence-electron chi connectivity index (χ4n) is 2.27. The van der Waals surface area contributed by atoms with Crippen LogP contribution < -0.4 is 5.32 Å². The molecule has 0 radical (unpaired) electrons. The molecule has 96 valence electrons. The van der Waals surface area contributed by atoms with Gasteiger partial charge in [-0.2, -0.15) is 10.1 Å². The molecular formula is C12H17N5O. The van der Waals surface area contributed by atoms with Crippen LogP contribution in [0.25, 0.3) is 11.6 Å². The van der Waals surface area contributed by atoms with Crippen molar-refractivity contribution in [2.24, 2.45) is 0 Å². The van der Waals surface area contributed by atoms with E-state index in [2.05, 4.69) is 25.7 Å². The number of rotatable bonds is 3. The fraction of sp³-hybridized carbons (Fsp3) is 0.583. The maximum absolute atomic E-state index is 5.18. The fourth-order valence-corrected chi connectivity index (χ4v) is 2.27. The first-order valence-electron chi connectivity index (χ1n) is 6.46. The predicted molar refractivity (Wildman–Crippen MR) is 66.1 cm³/mol. The molecule has 0 unspecified atom stereocenters. The van der Waals surface area contributed by atoms with Crippen LogP contribution in [0.5, 0.6) is 0 Å². The molecule has 1 saturated heterocycles. The van der Waals surface area contributed by atoms with Crippen molar-refractivity contribution in [3.05, 3.63) is 17.6 Å². The van der Waals surface area contributed by atoms with Crippen LogP contribution in [-0.4, -0.2) is 33.4 Å². The van der Waals surface area contributed by atoms with E-state index in [9.17, 15) is 0 Å². The van der Waals surface area contributed by atoms with Crippen LogP contribution in [0.3, 0.4) is 0 Å². The summed E-state index contributed by atoms with van der Waals surface area (Å²) in [7, 11) is 0. The first-order chi connectivity index (χ1) is 8.86. The lowest BCUT2D eigenvalue weighted by Gasteiger charge is -2.20. The molecule has 3 rings (SSSR count). The van der Waals surface area contributed by atoms with Crippen molar-refractivity contribution in [3.8, 4) is 11.6 Å². The number of piperidine rings is 1. The molecule has 0 aliphatic carbocycles. The highest BCUT2D eigenvalue weighted by Crippen LogP contribution is 2.24. The van der Waals surface area contributed by atoms with E-state index < -0.39 is 0 Å². The lowest BCUT2D eigenvalue weighted by atomic mass is 9.96. The number of aromatic amines is 1. The first kappa shape index (κ1) is 11.4. The SMILES string of the molecule is CCc1noc(-c2cc([C@H]3CCCNC3)[nH]n2)n1. The second-order valence-electron chi connectivity index (χ2n) is 4.62. The zero-order valence-corrected chi connectivity index (χ0v) is 10.4. The van der Waals surface area contributed by atoms with Crippen LogP contribution in [0, 0.1) is 0 Å². The molecule has 0 aromatic carbocycles. The largest absolute Gasteiger partial charge is 0.332 e. The minimum atomic E-state index is 0.498. The monoisotopic (exact) mass is 247 g/mol. The average molecular weight is 247 g/mol. The average Bonchev–Trinajstić information content (AvgIpc) is 3.08. The zero-order valence-electron chi connectivity index (χ0n) is 10.4. The van der Waals surface area contributed by atoms with E-state index in [-0.39, 0.29) is 0 Å². The number of aromatic nitrogens is 4. The molecule has 3 heterocycles. The lowest BCUT2D eigenvalue weighted by molar-refractivity contribution is 0.422. The maximum atomic E-state index is 5.18. The Morgan fingerprint density at radius 1 is 1.50 bits per heavy atom.